The van der Waals surface area contributed by atoms with Crippen LogP contribution in [0.1, 0.15) is 60.3 Å². The Labute approximate surface area is 113 Å². The van der Waals surface area contributed by atoms with Crippen LogP contribution in [0, 0.1) is 0 Å². The van der Waals surface area contributed by atoms with Crippen LogP contribution in [0.15, 0.2) is 0 Å². The molecule has 0 amide bonds. The molecule has 2 atom stereocenters. The van der Waals surface area contributed by atoms with Gasteiger partial charge in [-0.15, -0.1) is 0 Å². The first-order chi connectivity index (χ1) is 8.23. The molecule has 3 heteroatoms. The fourth-order valence-electron chi connectivity index (χ4n) is 2.47. The van der Waals surface area contributed by atoms with E-state index in [1.165, 1.54) is 19.3 Å². The van der Waals surface area contributed by atoms with Crippen molar-refractivity contribution in [1.82, 2.24) is 10.2 Å². The van der Waals surface area contributed by atoms with Gasteiger partial charge in [-0.3, -0.25) is 4.90 Å². The lowest BCUT2D eigenvalue weighted by Gasteiger charge is -2.41. The Bertz CT molecular complexity index is 245. The van der Waals surface area contributed by atoms with Crippen LogP contribution >= 0.6 is 0 Å². The molecule has 0 aromatic rings. The van der Waals surface area contributed by atoms with Gasteiger partial charge in [-0.05, 0) is 53.5 Å². The van der Waals surface area contributed by atoms with Crippen LogP contribution in [0.2, 0.25) is 0 Å². The molecule has 0 aromatic carbocycles. The monoisotopic (exact) mass is 256 g/mol. The van der Waals surface area contributed by atoms with Gasteiger partial charge in [-0.2, -0.15) is 0 Å². The highest BCUT2D eigenvalue weighted by Crippen LogP contribution is 2.21. The second kappa shape index (κ2) is 6.36. The second-order valence-electron chi connectivity index (χ2n) is 7.10. The average molecular weight is 256 g/mol. The maximum atomic E-state index is 10.3. The summed E-state index contributed by atoms with van der Waals surface area (Å²) in [7, 11) is 0. The predicted molar refractivity (Wildman–Crippen MR) is 77.9 cm³/mol. The van der Waals surface area contributed by atoms with E-state index in [0.29, 0.717) is 6.04 Å². The third-order valence-electron chi connectivity index (χ3n) is 3.92. The summed E-state index contributed by atoms with van der Waals surface area (Å²) in [4.78, 5) is 2.48. The van der Waals surface area contributed by atoms with Gasteiger partial charge < -0.3 is 10.4 Å². The Kier molecular flexibility index (Phi) is 5.63. The highest BCUT2D eigenvalue weighted by molar-refractivity contribution is 4.86. The van der Waals surface area contributed by atoms with Crippen molar-refractivity contribution in [2.45, 2.75) is 77.5 Å². The zero-order chi connectivity index (χ0) is 13.8. The molecule has 1 aliphatic heterocycles. The zero-order valence-corrected chi connectivity index (χ0v) is 12.9. The van der Waals surface area contributed by atoms with E-state index < -0.39 is 5.60 Å². The number of hydrogen-bond donors (Lipinski definition) is 2. The van der Waals surface area contributed by atoms with Gasteiger partial charge in [0, 0.05) is 24.7 Å². The van der Waals surface area contributed by atoms with Gasteiger partial charge in [0.1, 0.15) is 0 Å². The van der Waals surface area contributed by atoms with Crippen LogP contribution < -0.4 is 5.32 Å². The van der Waals surface area contributed by atoms with E-state index in [0.717, 1.165) is 26.1 Å². The molecule has 2 unspecified atom stereocenters. The highest BCUT2D eigenvalue weighted by Gasteiger charge is 2.29. The van der Waals surface area contributed by atoms with Gasteiger partial charge in [0.25, 0.3) is 0 Å². The minimum absolute atomic E-state index is 0.177. The van der Waals surface area contributed by atoms with Crippen molar-refractivity contribution >= 4 is 0 Å². The van der Waals surface area contributed by atoms with Crippen molar-refractivity contribution in [3.8, 4) is 0 Å². The van der Waals surface area contributed by atoms with Crippen LogP contribution in [-0.2, 0) is 0 Å². The number of β-amino-alcohol motifs (C(OH)–C–C–N with tert-alkyl or cyclic N) is 1. The molecular formula is C15H32N2O. The van der Waals surface area contributed by atoms with E-state index in [1.807, 2.05) is 6.92 Å². The largest absolute Gasteiger partial charge is 0.389 e. The summed E-state index contributed by atoms with van der Waals surface area (Å²) in [5.41, 5.74) is -0.367. The maximum Gasteiger partial charge on any atom is 0.0743 e. The maximum absolute atomic E-state index is 10.3. The Morgan fingerprint density at radius 2 is 1.89 bits per heavy atom. The SMILES string of the molecule is CCC(C)(O)CN1CCCCC1CNC(C)(C)C. The molecule has 0 aromatic heterocycles. The van der Waals surface area contributed by atoms with Gasteiger partial charge in [0.15, 0.2) is 0 Å². The zero-order valence-electron chi connectivity index (χ0n) is 12.9. The Morgan fingerprint density at radius 3 is 2.44 bits per heavy atom. The van der Waals surface area contributed by atoms with Crippen molar-refractivity contribution in [2.24, 2.45) is 0 Å². The first-order valence-electron chi connectivity index (χ1n) is 7.45. The van der Waals surface area contributed by atoms with Crippen LogP contribution in [0.25, 0.3) is 0 Å². The summed E-state index contributed by atoms with van der Waals surface area (Å²) in [5, 5.41) is 13.9. The lowest BCUT2D eigenvalue weighted by Crippen LogP contribution is -2.53. The van der Waals surface area contributed by atoms with E-state index in [4.69, 9.17) is 0 Å². The Balaban J connectivity index is 2.52. The molecule has 0 radical (unpaired) electrons. The molecular weight excluding hydrogens is 224 g/mol. The van der Waals surface area contributed by atoms with E-state index >= 15 is 0 Å². The second-order valence-corrected chi connectivity index (χ2v) is 7.10. The van der Waals surface area contributed by atoms with Gasteiger partial charge in [-0.25, -0.2) is 0 Å². The number of aliphatic hydroxyl groups is 1. The topological polar surface area (TPSA) is 35.5 Å². The number of hydrogen-bond acceptors (Lipinski definition) is 3. The predicted octanol–water partition coefficient (Wildman–Crippen LogP) is 2.39. The van der Waals surface area contributed by atoms with Gasteiger partial charge >= 0.3 is 0 Å². The summed E-state index contributed by atoms with van der Waals surface area (Å²) in [5.74, 6) is 0. The van der Waals surface area contributed by atoms with Gasteiger partial charge in [0.2, 0.25) is 0 Å². The lowest BCUT2D eigenvalue weighted by molar-refractivity contribution is -0.00676. The fraction of sp³-hybridized carbons (Fsp3) is 1.00. The molecule has 2 N–H and O–H groups in total. The van der Waals surface area contributed by atoms with Crippen molar-refractivity contribution in [3.63, 3.8) is 0 Å². The molecule has 1 rings (SSSR count). The minimum Gasteiger partial charge on any atom is -0.389 e. The van der Waals surface area contributed by atoms with Crippen LogP contribution in [0.3, 0.4) is 0 Å². The Morgan fingerprint density at radius 1 is 1.22 bits per heavy atom. The summed E-state index contributed by atoms with van der Waals surface area (Å²) >= 11 is 0. The standard InChI is InChI=1S/C15H32N2O/c1-6-15(5,18)12-17-10-8-7-9-13(17)11-16-14(2,3)4/h13,16,18H,6-12H2,1-5H3. The van der Waals surface area contributed by atoms with Crippen molar-refractivity contribution < 1.29 is 5.11 Å². The quantitative estimate of drug-likeness (QED) is 0.793. The third kappa shape index (κ3) is 5.68. The molecule has 1 heterocycles. The van der Waals surface area contributed by atoms with E-state index in [2.05, 4.69) is 37.9 Å². The lowest BCUT2D eigenvalue weighted by atomic mass is 9.96. The Hall–Kier alpha value is -0.120. The molecule has 0 spiro atoms. The first-order valence-corrected chi connectivity index (χ1v) is 7.45. The third-order valence-corrected chi connectivity index (χ3v) is 3.92. The average Bonchev–Trinajstić information content (AvgIpc) is 2.26. The number of piperidine rings is 1. The van der Waals surface area contributed by atoms with E-state index in [1.54, 1.807) is 0 Å². The summed E-state index contributed by atoms with van der Waals surface area (Å²) in [6, 6.07) is 0.580. The number of nitrogens with zero attached hydrogens (tertiary/aromatic N) is 1. The molecule has 108 valence electrons. The highest BCUT2D eigenvalue weighted by atomic mass is 16.3. The number of rotatable bonds is 5. The normalized spacial score (nSPS) is 26.0. The van der Waals surface area contributed by atoms with Crippen LogP contribution in [0.5, 0.6) is 0 Å². The number of likely N-dealkylation sites (tertiary alicyclic amines) is 1. The van der Waals surface area contributed by atoms with Crippen LogP contribution in [0.4, 0.5) is 0 Å². The van der Waals surface area contributed by atoms with Crippen molar-refractivity contribution in [2.75, 3.05) is 19.6 Å². The molecule has 0 bridgehead atoms. The van der Waals surface area contributed by atoms with Crippen molar-refractivity contribution in [1.29, 1.82) is 0 Å². The molecule has 3 nitrogen and oxygen atoms in total. The fourth-order valence-corrected chi connectivity index (χ4v) is 2.47. The number of nitrogens with one attached hydrogen (secondary N) is 1. The molecule has 1 fully saturated rings. The van der Waals surface area contributed by atoms with Gasteiger partial charge in [0.05, 0.1) is 5.60 Å². The molecule has 18 heavy (non-hydrogen) atoms. The van der Waals surface area contributed by atoms with Crippen molar-refractivity contribution in [3.05, 3.63) is 0 Å². The molecule has 0 aliphatic carbocycles. The minimum atomic E-state index is -0.544. The molecule has 1 saturated heterocycles. The van der Waals surface area contributed by atoms with E-state index in [-0.39, 0.29) is 5.54 Å². The summed E-state index contributed by atoms with van der Waals surface area (Å²) < 4.78 is 0. The summed E-state index contributed by atoms with van der Waals surface area (Å²) in [6.45, 7) is 13.6. The summed E-state index contributed by atoms with van der Waals surface area (Å²) in [6.07, 6.45) is 4.67. The smallest absolute Gasteiger partial charge is 0.0743 e. The van der Waals surface area contributed by atoms with Crippen LogP contribution in [-0.4, -0.2) is 46.8 Å². The first kappa shape index (κ1) is 15.9. The molecule has 1 aliphatic rings. The van der Waals surface area contributed by atoms with Gasteiger partial charge in [-0.1, -0.05) is 13.3 Å². The van der Waals surface area contributed by atoms with E-state index in [9.17, 15) is 5.11 Å². The molecule has 0 saturated carbocycles.